The van der Waals surface area contributed by atoms with Crippen molar-refractivity contribution in [2.45, 2.75) is 36.6 Å². The first-order valence-corrected chi connectivity index (χ1v) is 9.70. The third-order valence-corrected chi connectivity index (χ3v) is 4.86. The molecule has 0 bridgehead atoms. The highest BCUT2D eigenvalue weighted by atomic mass is 16.7. The Morgan fingerprint density at radius 1 is 1.09 bits per heavy atom. The number of aliphatic hydroxyl groups is 4. The van der Waals surface area contributed by atoms with Gasteiger partial charge in [0.05, 0.1) is 25.7 Å². The Kier molecular flexibility index (Phi) is 8.89. The molecule has 0 saturated carbocycles. The van der Waals surface area contributed by atoms with Crippen LogP contribution in [0.1, 0.15) is 5.56 Å². The standard InChI is InChI=1S/C19H27N3O10/c23-8-13-16(28)17(29)19(31,32-13)9-22-12(5-10-1-3-11(24)4-2-10)18(30)21-6-14(25)20-7-15(26)27/h1-4,12-13,16-17,22-24,28-29,31H,5-9H2,(H,20,25)(H,21,30)(H,26,27)/t12-,13+,16+,17-,19+/m0/s1. The molecule has 2 amide bonds. The largest absolute Gasteiger partial charge is 0.508 e. The molecule has 1 aliphatic heterocycles. The van der Waals surface area contributed by atoms with Crippen molar-refractivity contribution in [2.75, 3.05) is 26.2 Å². The summed E-state index contributed by atoms with van der Waals surface area (Å²) in [5, 5.41) is 64.7. The number of phenols is 1. The number of carboxylic acid groups (broad SMARTS) is 1. The van der Waals surface area contributed by atoms with Crippen molar-refractivity contribution in [1.82, 2.24) is 16.0 Å². The zero-order valence-electron chi connectivity index (χ0n) is 17.0. The maximum Gasteiger partial charge on any atom is 0.322 e. The topological polar surface area (TPSA) is 218 Å². The fourth-order valence-corrected chi connectivity index (χ4v) is 3.09. The van der Waals surface area contributed by atoms with Gasteiger partial charge in [0.2, 0.25) is 17.6 Å². The molecule has 1 aromatic rings. The van der Waals surface area contributed by atoms with Crippen LogP contribution in [0.2, 0.25) is 0 Å². The predicted octanol–water partition coefficient (Wildman–Crippen LogP) is -3.99. The van der Waals surface area contributed by atoms with Gasteiger partial charge in [0.25, 0.3) is 0 Å². The minimum atomic E-state index is -2.29. The number of hydrogen-bond acceptors (Lipinski definition) is 10. The SMILES string of the molecule is O=C(O)CNC(=O)CNC(=O)[C@H](Cc1ccc(O)cc1)NC[C@@]1(O)O[C@H](CO)[C@@H](O)[C@@H]1O. The van der Waals surface area contributed by atoms with Crippen LogP contribution < -0.4 is 16.0 Å². The summed E-state index contributed by atoms with van der Waals surface area (Å²) in [7, 11) is 0. The molecule has 5 atom stereocenters. The van der Waals surface area contributed by atoms with Gasteiger partial charge in [0.15, 0.2) is 0 Å². The van der Waals surface area contributed by atoms with Crippen molar-refractivity contribution in [2.24, 2.45) is 0 Å². The van der Waals surface area contributed by atoms with Crippen molar-refractivity contribution in [3.8, 4) is 5.75 Å². The molecule has 1 heterocycles. The summed E-state index contributed by atoms with van der Waals surface area (Å²) in [5.74, 6) is -4.94. The van der Waals surface area contributed by atoms with Gasteiger partial charge in [-0.15, -0.1) is 0 Å². The molecule has 13 heteroatoms. The number of rotatable bonds is 11. The van der Waals surface area contributed by atoms with Gasteiger partial charge in [-0.2, -0.15) is 0 Å². The zero-order chi connectivity index (χ0) is 23.9. The monoisotopic (exact) mass is 457 g/mol. The van der Waals surface area contributed by atoms with Crippen LogP contribution in [-0.4, -0.2) is 105 Å². The van der Waals surface area contributed by atoms with Crippen LogP contribution in [0.15, 0.2) is 24.3 Å². The molecule has 9 N–H and O–H groups in total. The van der Waals surface area contributed by atoms with Crippen molar-refractivity contribution in [1.29, 1.82) is 0 Å². The lowest BCUT2D eigenvalue weighted by molar-refractivity contribution is -0.227. The Morgan fingerprint density at radius 2 is 1.75 bits per heavy atom. The Morgan fingerprint density at radius 3 is 2.31 bits per heavy atom. The first-order valence-electron chi connectivity index (χ1n) is 9.70. The van der Waals surface area contributed by atoms with Gasteiger partial charge in [-0.25, -0.2) is 0 Å². The molecule has 0 spiro atoms. The first-order chi connectivity index (χ1) is 15.1. The Bertz CT molecular complexity index is 805. The van der Waals surface area contributed by atoms with E-state index in [1.807, 2.05) is 0 Å². The van der Waals surface area contributed by atoms with Gasteiger partial charge < -0.3 is 51.3 Å². The molecule has 1 aromatic carbocycles. The van der Waals surface area contributed by atoms with Gasteiger partial charge in [-0.05, 0) is 24.1 Å². The zero-order valence-corrected chi connectivity index (χ0v) is 17.0. The van der Waals surface area contributed by atoms with E-state index in [-0.39, 0.29) is 12.2 Å². The molecule has 0 aromatic heterocycles. The average molecular weight is 457 g/mol. The Balaban J connectivity index is 2.05. The van der Waals surface area contributed by atoms with Gasteiger partial charge in [0, 0.05) is 0 Å². The van der Waals surface area contributed by atoms with E-state index in [4.69, 9.17) is 9.84 Å². The summed E-state index contributed by atoms with van der Waals surface area (Å²) in [6.45, 7) is -2.28. The summed E-state index contributed by atoms with van der Waals surface area (Å²) in [6, 6.07) is 4.86. The maximum atomic E-state index is 12.6. The van der Waals surface area contributed by atoms with E-state index < -0.39 is 74.2 Å². The van der Waals surface area contributed by atoms with E-state index in [1.54, 1.807) is 12.1 Å². The van der Waals surface area contributed by atoms with Crippen LogP contribution in [-0.2, 0) is 25.5 Å². The predicted molar refractivity (Wildman–Crippen MR) is 106 cm³/mol. The van der Waals surface area contributed by atoms with Crippen molar-refractivity contribution in [3.63, 3.8) is 0 Å². The third-order valence-electron chi connectivity index (χ3n) is 4.86. The van der Waals surface area contributed by atoms with E-state index >= 15 is 0 Å². The molecule has 1 saturated heterocycles. The minimum Gasteiger partial charge on any atom is -0.508 e. The molecule has 178 valence electrons. The molecule has 13 nitrogen and oxygen atoms in total. The maximum absolute atomic E-state index is 12.6. The fraction of sp³-hybridized carbons (Fsp3) is 0.526. The summed E-state index contributed by atoms with van der Waals surface area (Å²) < 4.78 is 5.13. The van der Waals surface area contributed by atoms with E-state index in [1.165, 1.54) is 12.1 Å². The summed E-state index contributed by atoms with van der Waals surface area (Å²) in [4.78, 5) is 34.8. The minimum absolute atomic E-state index is 0.0126. The second-order valence-electron chi connectivity index (χ2n) is 7.31. The number of aromatic hydroxyl groups is 1. The van der Waals surface area contributed by atoms with E-state index in [9.17, 15) is 39.9 Å². The molecule has 0 aliphatic carbocycles. The number of ether oxygens (including phenoxy) is 1. The van der Waals surface area contributed by atoms with Crippen LogP contribution >= 0.6 is 0 Å². The lowest BCUT2D eigenvalue weighted by Crippen LogP contribution is -2.56. The average Bonchev–Trinajstić information content (AvgIpc) is 2.98. The van der Waals surface area contributed by atoms with Crippen molar-refractivity contribution in [3.05, 3.63) is 29.8 Å². The van der Waals surface area contributed by atoms with Crippen molar-refractivity contribution >= 4 is 17.8 Å². The number of carbonyl (C=O) groups is 3. The summed E-state index contributed by atoms with van der Waals surface area (Å²) >= 11 is 0. The van der Waals surface area contributed by atoms with E-state index in [0.717, 1.165) is 0 Å². The fourth-order valence-electron chi connectivity index (χ4n) is 3.09. The molecule has 0 unspecified atom stereocenters. The quantitative estimate of drug-likeness (QED) is 0.156. The second-order valence-corrected chi connectivity index (χ2v) is 7.31. The molecular weight excluding hydrogens is 430 g/mol. The number of aliphatic hydroxyl groups excluding tert-OH is 3. The number of phenolic OH excluding ortho intramolecular Hbond substituents is 1. The lowest BCUT2D eigenvalue weighted by Gasteiger charge is -2.29. The number of benzene rings is 1. The molecular formula is C19H27N3O10. The Labute approximate surface area is 182 Å². The van der Waals surface area contributed by atoms with Crippen LogP contribution in [0.5, 0.6) is 5.75 Å². The van der Waals surface area contributed by atoms with Crippen LogP contribution in [0.3, 0.4) is 0 Å². The first kappa shape index (κ1) is 25.5. The molecule has 32 heavy (non-hydrogen) atoms. The second kappa shape index (κ2) is 11.2. The van der Waals surface area contributed by atoms with Crippen LogP contribution in [0, 0.1) is 0 Å². The number of hydrogen-bond donors (Lipinski definition) is 9. The number of nitrogens with one attached hydrogen (secondary N) is 3. The lowest BCUT2D eigenvalue weighted by atomic mass is 10.0. The van der Waals surface area contributed by atoms with Gasteiger partial charge in [0.1, 0.15) is 30.6 Å². The molecule has 1 fully saturated rings. The Hall–Kier alpha value is -2.81. The molecule has 0 radical (unpaired) electrons. The summed E-state index contributed by atoms with van der Waals surface area (Å²) in [6.07, 6.45) is -4.49. The normalized spacial score (nSPS) is 25.8. The molecule has 2 rings (SSSR count). The van der Waals surface area contributed by atoms with Crippen LogP contribution in [0.4, 0.5) is 0 Å². The highest BCUT2D eigenvalue weighted by Crippen LogP contribution is 2.28. The van der Waals surface area contributed by atoms with E-state index in [2.05, 4.69) is 16.0 Å². The molecule has 1 aliphatic rings. The van der Waals surface area contributed by atoms with Crippen LogP contribution in [0.25, 0.3) is 0 Å². The van der Waals surface area contributed by atoms with E-state index in [0.29, 0.717) is 5.56 Å². The number of carbonyl (C=O) groups excluding carboxylic acids is 2. The van der Waals surface area contributed by atoms with Gasteiger partial charge in [-0.3, -0.25) is 14.4 Å². The highest BCUT2D eigenvalue weighted by molar-refractivity contribution is 5.88. The number of aliphatic carboxylic acids is 1. The number of carboxylic acids is 1. The smallest absolute Gasteiger partial charge is 0.322 e. The van der Waals surface area contributed by atoms with Gasteiger partial charge >= 0.3 is 5.97 Å². The number of amides is 2. The van der Waals surface area contributed by atoms with Crippen molar-refractivity contribution < 1.29 is 49.8 Å². The summed E-state index contributed by atoms with van der Waals surface area (Å²) in [5.41, 5.74) is 0.610. The van der Waals surface area contributed by atoms with Gasteiger partial charge in [-0.1, -0.05) is 12.1 Å². The third kappa shape index (κ3) is 6.85. The highest BCUT2D eigenvalue weighted by Gasteiger charge is 2.53.